The van der Waals surface area contributed by atoms with Gasteiger partial charge in [-0.1, -0.05) is 48.5 Å². The molecule has 0 aliphatic carbocycles. The molecule has 1 unspecified atom stereocenters. The molecule has 28 heavy (non-hydrogen) atoms. The number of aliphatic hydroxyl groups is 1. The zero-order chi connectivity index (χ0) is 19.3. The van der Waals surface area contributed by atoms with Crippen LogP contribution in [0.4, 0.5) is 0 Å². The number of aliphatic hydroxyl groups excluding tert-OH is 1. The molecule has 0 spiro atoms. The molecule has 4 nitrogen and oxygen atoms in total. The maximum atomic E-state index is 10.5. The van der Waals surface area contributed by atoms with Crippen molar-refractivity contribution in [3.63, 3.8) is 0 Å². The molecule has 2 N–H and O–H groups in total. The minimum absolute atomic E-state index is 0.307. The van der Waals surface area contributed by atoms with Crippen LogP contribution >= 0.6 is 0 Å². The van der Waals surface area contributed by atoms with Gasteiger partial charge in [0, 0.05) is 36.8 Å². The monoisotopic (exact) mass is 377 g/mol. The lowest BCUT2D eigenvalue weighted by molar-refractivity contribution is 0.0697. The van der Waals surface area contributed by atoms with E-state index in [1.165, 1.54) is 22.2 Å². The second-order valence-corrected chi connectivity index (χ2v) is 8.22. The summed E-state index contributed by atoms with van der Waals surface area (Å²) >= 11 is 0. The summed E-state index contributed by atoms with van der Waals surface area (Å²) in [6.07, 6.45) is 2.00. The molecule has 1 aliphatic heterocycles. The minimum Gasteiger partial charge on any atom is -0.390 e. The van der Waals surface area contributed by atoms with Crippen LogP contribution in [0.2, 0.25) is 0 Å². The first-order valence-corrected chi connectivity index (χ1v) is 10.4. The van der Waals surface area contributed by atoms with Crippen molar-refractivity contribution in [2.45, 2.75) is 31.4 Å². The number of β-amino-alcohol motifs (C(OH)–C–C–N with tert-alkyl or cyclic N) is 1. The standard InChI is InChI=1S/C24H31N3O/c1-26(16-19-7-3-2-4-8-19)17-22(28)18-27-13-11-20(12-14-27)24-15-21-9-5-6-10-23(21)25-24/h2-10,15,20,22,25,28H,11-14,16-18H2,1H3. The molecule has 0 saturated carbocycles. The van der Waals surface area contributed by atoms with E-state index in [9.17, 15) is 5.11 Å². The summed E-state index contributed by atoms with van der Waals surface area (Å²) in [6, 6.07) is 21.3. The Bertz CT molecular complexity index is 835. The summed E-state index contributed by atoms with van der Waals surface area (Å²) in [5.74, 6) is 0.599. The number of hydrogen-bond donors (Lipinski definition) is 2. The van der Waals surface area contributed by atoms with Gasteiger partial charge in [-0.25, -0.2) is 0 Å². The number of hydrogen-bond acceptors (Lipinski definition) is 3. The van der Waals surface area contributed by atoms with Crippen molar-refractivity contribution >= 4 is 10.9 Å². The van der Waals surface area contributed by atoms with Crippen molar-refractivity contribution < 1.29 is 5.11 Å². The van der Waals surface area contributed by atoms with Gasteiger partial charge in [0.15, 0.2) is 0 Å². The summed E-state index contributed by atoms with van der Waals surface area (Å²) in [6.45, 7) is 4.45. The van der Waals surface area contributed by atoms with Crippen molar-refractivity contribution in [3.8, 4) is 0 Å². The van der Waals surface area contributed by atoms with E-state index in [1.54, 1.807) is 0 Å². The van der Waals surface area contributed by atoms with E-state index >= 15 is 0 Å². The number of H-pyrrole nitrogens is 1. The van der Waals surface area contributed by atoms with Gasteiger partial charge in [-0.2, -0.15) is 0 Å². The Morgan fingerprint density at radius 1 is 1.07 bits per heavy atom. The van der Waals surface area contributed by atoms with E-state index in [-0.39, 0.29) is 6.10 Å². The lowest BCUT2D eigenvalue weighted by Gasteiger charge is -2.33. The van der Waals surface area contributed by atoms with Crippen molar-refractivity contribution in [3.05, 3.63) is 71.9 Å². The van der Waals surface area contributed by atoms with Gasteiger partial charge >= 0.3 is 0 Å². The molecule has 1 atom stereocenters. The Labute approximate surface area is 167 Å². The predicted octanol–water partition coefficient (Wildman–Crippen LogP) is 3.84. The lowest BCUT2D eigenvalue weighted by atomic mass is 9.93. The van der Waals surface area contributed by atoms with Crippen molar-refractivity contribution in [2.75, 3.05) is 33.2 Å². The van der Waals surface area contributed by atoms with Crippen LogP contribution in [0.1, 0.15) is 30.0 Å². The molecule has 4 rings (SSSR count). The smallest absolute Gasteiger partial charge is 0.0793 e. The average Bonchev–Trinajstić information content (AvgIpc) is 3.13. The third-order valence-electron chi connectivity index (χ3n) is 5.86. The summed E-state index contributed by atoms with van der Waals surface area (Å²) in [5, 5.41) is 11.8. The normalized spacial score (nSPS) is 17.4. The highest BCUT2D eigenvalue weighted by atomic mass is 16.3. The van der Waals surface area contributed by atoms with E-state index in [0.29, 0.717) is 12.5 Å². The molecule has 148 valence electrons. The van der Waals surface area contributed by atoms with Crippen LogP contribution in [-0.4, -0.2) is 59.2 Å². The molecule has 0 radical (unpaired) electrons. The van der Waals surface area contributed by atoms with Crippen LogP contribution in [0.3, 0.4) is 0 Å². The third-order valence-corrected chi connectivity index (χ3v) is 5.86. The van der Waals surface area contributed by atoms with Crippen LogP contribution in [0, 0.1) is 0 Å². The van der Waals surface area contributed by atoms with E-state index < -0.39 is 0 Å². The molecule has 2 aromatic carbocycles. The largest absolute Gasteiger partial charge is 0.390 e. The topological polar surface area (TPSA) is 42.5 Å². The Morgan fingerprint density at radius 3 is 2.54 bits per heavy atom. The highest BCUT2D eigenvalue weighted by Gasteiger charge is 2.23. The number of para-hydroxylation sites is 1. The Hall–Kier alpha value is -2.14. The molecular formula is C24H31N3O. The number of aromatic amines is 1. The number of fused-ring (bicyclic) bond motifs is 1. The van der Waals surface area contributed by atoms with Gasteiger partial charge in [0.1, 0.15) is 0 Å². The number of likely N-dealkylation sites (tertiary alicyclic amines) is 1. The maximum absolute atomic E-state index is 10.5. The number of benzene rings is 2. The van der Waals surface area contributed by atoms with Crippen LogP contribution in [-0.2, 0) is 6.54 Å². The van der Waals surface area contributed by atoms with Gasteiger partial charge in [0.05, 0.1) is 6.10 Å². The van der Waals surface area contributed by atoms with Gasteiger partial charge in [-0.3, -0.25) is 4.90 Å². The van der Waals surface area contributed by atoms with Gasteiger partial charge in [0.25, 0.3) is 0 Å². The number of aromatic nitrogens is 1. The van der Waals surface area contributed by atoms with Crippen LogP contribution in [0.25, 0.3) is 10.9 Å². The lowest BCUT2D eigenvalue weighted by Crippen LogP contribution is -2.42. The Balaban J connectivity index is 1.23. The first-order chi connectivity index (χ1) is 13.7. The number of likely N-dealkylation sites (N-methyl/N-ethyl adjacent to an activating group) is 1. The SMILES string of the molecule is CN(Cc1ccccc1)CC(O)CN1CCC(c2cc3ccccc3[nH]2)CC1. The van der Waals surface area contributed by atoms with Crippen LogP contribution in [0.5, 0.6) is 0 Å². The van der Waals surface area contributed by atoms with E-state index in [4.69, 9.17) is 0 Å². The van der Waals surface area contributed by atoms with E-state index in [0.717, 1.165) is 39.0 Å². The first-order valence-electron chi connectivity index (χ1n) is 10.4. The minimum atomic E-state index is -0.307. The molecule has 1 saturated heterocycles. The van der Waals surface area contributed by atoms with Crippen molar-refractivity contribution in [2.24, 2.45) is 0 Å². The molecule has 0 amide bonds. The summed E-state index contributed by atoms with van der Waals surface area (Å²) in [4.78, 5) is 8.22. The second-order valence-electron chi connectivity index (χ2n) is 8.22. The second kappa shape index (κ2) is 8.91. The molecular weight excluding hydrogens is 346 g/mol. The van der Waals surface area contributed by atoms with Crippen LogP contribution in [0.15, 0.2) is 60.7 Å². The number of rotatable bonds is 7. The molecule has 1 aromatic heterocycles. The fourth-order valence-corrected chi connectivity index (χ4v) is 4.42. The number of piperidine rings is 1. The highest BCUT2D eigenvalue weighted by molar-refractivity contribution is 5.80. The third kappa shape index (κ3) is 4.82. The fraction of sp³-hybridized carbons (Fsp3) is 0.417. The quantitative estimate of drug-likeness (QED) is 0.657. The zero-order valence-electron chi connectivity index (χ0n) is 16.7. The predicted molar refractivity (Wildman–Crippen MR) is 115 cm³/mol. The molecule has 3 aromatic rings. The molecule has 2 heterocycles. The van der Waals surface area contributed by atoms with E-state index in [1.807, 2.05) is 6.07 Å². The molecule has 1 aliphatic rings. The molecule has 4 heteroatoms. The number of nitrogens with zero attached hydrogens (tertiary/aromatic N) is 2. The summed E-state index contributed by atoms with van der Waals surface area (Å²) < 4.78 is 0. The Kier molecular flexibility index (Phi) is 6.10. The van der Waals surface area contributed by atoms with Gasteiger partial charge in [-0.15, -0.1) is 0 Å². The van der Waals surface area contributed by atoms with Crippen molar-refractivity contribution in [1.82, 2.24) is 14.8 Å². The zero-order valence-corrected chi connectivity index (χ0v) is 16.7. The van der Waals surface area contributed by atoms with Gasteiger partial charge in [0.2, 0.25) is 0 Å². The number of nitrogens with one attached hydrogen (secondary N) is 1. The Morgan fingerprint density at radius 2 is 1.79 bits per heavy atom. The van der Waals surface area contributed by atoms with Gasteiger partial charge < -0.3 is 15.0 Å². The molecule has 1 fully saturated rings. The average molecular weight is 378 g/mol. The summed E-state index contributed by atoms with van der Waals surface area (Å²) in [7, 11) is 2.08. The molecule has 0 bridgehead atoms. The van der Waals surface area contributed by atoms with E-state index in [2.05, 4.69) is 76.4 Å². The fourth-order valence-electron chi connectivity index (χ4n) is 4.42. The highest BCUT2D eigenvalue weighted by Crippen LogP contribution is 2.29. The first kappa shape index (κ1) is 19.2. The van der Waals surface area contributed by atoms with Gasteiger partial charge in [-0.05, 0) is 56.1 Å². The van der Waals surface area contributed by atoms with Crippen LogP contribution < -0.4 is 0 Å². The summed E-state index contributed by atoms with van der Waals surface area (Å²) in [5.41, 5.74) is 3.89. The van der Waals surface area contributed by atoms with Crippen molar-refractivity contribution in [1.29, 1.82) is 0 Å². The maximum Gasteiger partial charge on any atom is 0.0793 e.